The van der Waals surface area contributed by atoms with Crippen molar-refractivity contribution in [1.29, 1.82) is 0 Å². The number of methoxy groups -OCH3 is 1. The molecule has 0 aromatic heterocycles. The summed E-state index contributed by atoms with van der Waals surface area (Å²) in [5, 5.41) is 2.75. The minimum absolute atomic E-state index is 0.103. The van der Waals surface area contributed by atoms with Crippen molar-refractivity contribution in [2.75, 3.05) is 7.11 Å². The Bertz CT molecular complexity index is 550. The minimum atomic E-state index is -1.04. The second-order valence-electron chi connectivity index (χ2n) is 6.59. The van der Waals surface area contributed by atoms with Crippen LogP contribution in [0.25, 0.3) is 0 Å². The quantitative estimate of drug-likeness (QED) is 0.872. The molecule has 0 unspecified atom stereocenters. The lowest BCUT2D eigenvalue weighted by molar-refractivity contribution is -0.154. The third kappa shape index (κ3) is 3.24. The van der Waals surface area contributed by atoms with E-state index in [0.29, 0.717) is 6.42 Å². The van der Waals surface area contributed by atoms with Gasteiger partial charge in [-0.05, 0) is 39.2 Å². The van der Waals surface area contributed by atoms with E-state index in [1.54, 1.807) is 20.8 Å². The molecule has 0 heterocycles. The maximum absolute atomic E-state index is 12.3. The van der Waals surface area contributed by atoms with Gasteiger partial charge in [0.2, 0.25) is 0 Å². The molecular formula is C17H23NO4. The van der Waals surface area contributed by atoms with Crippen LogP contribution in [0.1, 0.15) is 45.1 Å². The van der Waals surface area contributed by atoms with Gasteiger partial charge in [0.1, 0.15) is 11.1 Å². The molecule has 0 bridgehead atoms. The molecule has 0 aliphatic heterocycles. The monoisotopic (exact) mass is 305 g/mol. The van der Waals surface area contributed by atoms with Gasteiger partial charge < -0.3 is 14.8 Å². The highest BCUT2D eigenvalue weighted by Gasteiger charge is 2.56. The lowest BCUT2D eigenvalue weighted by Gasteiger charge is -2.47. The van der Waals surface area contributed by atoms with Crippen molar-refractivity contribution in [2.24, 2.45) is 0 Å². The van der Waals surface area contributed by atoms with Crippen LogP contribution in [0.15, 0.2) is 30.3 Å². The first-order valence-electron chi connectivity index (χ1n) is 7.43. The van der Waals surface area contributed by atoms with Gasteiger partial charge in [0.25, 0.3) is 0 Å². The molecule has 1 aliphatic carbocycles. The summed E-state index contributed by atoms with van der Waals surface area (Å²) >= 11 is 0. The van der Waals surface area contributed by atoms with Crippen LogP contribution in [0.2, 0.25) is 0 Å². The standard InChI is InChI=1S/C17H23NO4/c1-16(2,3)22-15(20)18-17(14(19)21-4)11-10-13(17)12-8-6-5-7-9-12/h5-9,13H,10-11H2,1-4H3,(H,18,20)/t13-,17-/m0/s1. The van der Waals surface area contributed by atoms with Crippen molar-refractivity contribution in [3.05, 3.63) is 35.9 Å². The van der Waals surface area contributed by atoms with Crippen molar-refractivity contribution < 1.29 is 19.1 Å². The van der Waals surface area contributed by atoms with E-state index in [4.69, 9.17) is 9.47 Å². The average molecular weight is 305 g/mol. The highest BCUT2D eigenvalue weighted by atomic mass is 16.6. The van der Waals surface area contributed by atoms with Gasteiger partial charge in [-0.3, -0.25) is 0 Å². The number of benzene rings is 1. The molecule has 1 amide bonds. The number of hydrogen-bond donors (Lipinski definition) is 1. The maximum atomic E-state index is 12.3. The third-order valence-corrected chi connectivity index (χ3v) is 3.90. The first kappa shape index (κ1) is 16.3. The predicted octanol–water partition coefficient (Wildman–Crippen LogP) is 3.00. The van der Waals surface area contributed by atoms with E-state index in [9.17, 15) is 9.59 Å². The third-order valence-electron chi connectivity index (χ3n) is 3.90. The van der Waals surface area contributed by atoms with Crippen LogP contribution in [-0.2, 0) is 14.3 Å². The zero-order valence-corrected chi connectivity index (χ0v) is 13.5. The second-order valence-corrected chi connectivity index (χ2v) is 6.59. The number of carbonyl (C=O) groups is 2. The summed E-state index contributed by atoms with van der Waals surface area (Å²) in [4.78, 5) is 24.4. The first-order valence-corrected chi connectivity index (χ1v) is 7.43. The van der Waals surface area contributed by atoms with Crippen LogP contribution in [-0.4, -0.2) is 30.3 Å². The van der Waals surface area contributed by atoms with Crippen molar-refractivity contribution in [1.82, 2.24) is 5.32 Å². The Morgan fingerprint density at radius 2 is 1.86 bits per heavy atom. The molecule has 5 heteroatoms. The van der Waals surface area contributed by atoms with E-state index < -0.39 is 23.2 Å². The van der Waals surface area contributed by atoms with Gasteiger partial charge >= 0.3 is 12.1 Å². The fourth-order valence-electron chi connectivity index (χ4n) is 2.83. The zero-order valence-electron chi connectivity index (χ0n) is 13.5. The molecule has 1 aliphatic rings. The van der Waals surface area contributed by atoms with Gasteiger partial charge in [0.15, 0.2) is 0 Å². The molecule has 0 spiro atoms. The lowest BCUT2D eigenvalue weighted by atomic mass is 9.63. The summed E-state index contributed by atoms with van der Waals surface area (Å²) in [6.07, 6.45) is 0.756. The van der Waals surface area contributed by atoms with E-state index >= 15 is 0 Å². The molecule has 0 saturated heterocycles. The minimum Gasteiger partial charge on any atom is -0.467 e. The number of nitrogens with one attached hydrogen (secondary N) is 1. The van der Waals surface area contributed by atoms with Crippen molar-refractivity contribution in [3.8, 4) is 0 Å². The fraction of sp³-hybridized carbons (Fsp3) is 0.529. The van der Waals surface area contributed by atoms with Gasteiger partial charge in [-0.25, -0.2) is 9.59 Å². The summed E-state index contributed by atoms with van der Waals surface area (Å²) in [7, 11) is 1.33. The van der Waals surface area contributed by atoms with E-state index in [-0.39, 0.29) is 5.92 Å². The lowest BCUT2D eigenvalue weighted by Crippen LogP contribution is -2.64. The Labute approximate surface area is 131 Å². The molecule has 2 rings (SSSR count). The molecule has 22 heavy (non-hydrogen) atoms. The van der Waals surface area contributed by atoms with E-state index in [1.165, 1.54) is 7.11 Å². The second kappa shape index (κ2) is 5.99. The van der Waals surface area contributed by atoms with Gasteiger partial charge in [-0.2, -0.15) is 0 Å². The number of alkyl carbamates (subject to hydrolysis) is 1. The first-order chi connectivity index (χ1) is 10.3. The molecule has 1 aromatic carbocycles. The topological polar surface area (TPSA) is 64.6 Å². The van der Waals surface area contributed by atoms with Crippen LogP contribution in [0, 0.1) is 0 Å². The summed E-state index contributed by atoms with van der Waals surface area (Å²) in [5.41, 5.74) is -0.651. The molecule has 5 nitrogen and oxygen atoms in total. The number of carbonyl (C=O) groups excluding carboxylic acids is 2. The SMILES string of the molecule is COC(=O)[C@]1(NC(=O)OC(C)(C)C)CC[C@H]1c1ccccc1. The van der Waals surface area contributed by atoms with E-state index in [2.05, 4.69) is 5.32 Å². The number of amides is 1. The average Bonchev–Trinajstić information content (AvgIpc) is 2.42. The molecule has 1 fully saturated rings. The highest BCUT2D eigenvalue weighted by molar-refractivity contribution is 5.88. The smallest absolute Gasteiger partial charge is 0.408 e. The molecule has 0 radical (unpaired) electrons. The Kier molecular flexibility index (Phi) is 4.44. The molecule has 2 atom stereocenters. The molecular weight excluding hydrogens is 282 g/mol. The Balaban J connectivity index is 2.23. The maximum Gasteiger partial charge on any atom is 0.408 e. The van der Waals surface area contributed by atoms with Gasteiger partial charge in [-0.15, -0.1) is 0 Å². The van der Waals surface area contributed by atoms with Gasteiger partial charge in [0.05, 0.1) is 7.11 Å². The Morgan fingerprint density at radius 3 is 2.32 bits per heavy atom. The Morgan fingerprint density at radius 1 is 1.23 bits per heavy atom. The van der Waals surface area contributed by atoms with E-state index in [0.717, 1.165) is 12.0 Å². The van der Waals surface area contributed by atoms with Crippen LogP contribution in [0.3, 0.4) is 0 Å². The van der Waals surface area contributed by atoms with Gasteiger partial charge in [0, 0.05) is 5.92 Å². The van der Waals surface area contributed by atoms with Crippen LogP contribution >= 0.6 is 0 Å². The fourth-order valence-corrected chi connectivity index (χ4v) is 2.83. The van der Waals surface area contributed by atoms with Crippen LogP contribution in [0.4, 0.5) is 4.79 Å². The Hall–Kier alpha value is -2.04. The van der Waals surface area contributed by atoms with Crippen LogP contribution in [0.5, 0.6) is 0 Å². The zero-order chi connectivity index (χ0) is 16.4. The summed E-state index contributed by atoms with van der Waals surface area (Å²) in [6.45, 7) is 5.35. The number of rotatable bonds is 3. The molecule has 1 N–H and O–H groups in total. The van der Waals surface area contributed by atoms with Crippen molar-refractivity contribution in [2.45, 2.75) is 50.7 Å². The molecule has 1 saturated carbocycles. The van der Waals surface area contributed by atoms with Gasteiger partial charge in [-0.1, -0.05) is 30.3 Å². The molecule has 1 aromatic rings. The van der Waals surface area contributed by atoms with Crippen LogP contribution < -0.4 is 5.32 Å². The van der Waals surface area contributed by atoms with E-state index in [1.807, 2.05) is 30.3 Å². The number of hydrogen-bond acceptors (Lipinski definition) is 4. The largest absolute Gasteiger partial charge is 0.467 e. The predicted molar refractivity (Wildman–Crippen MR) is 82.5 cm³/mol. The highest BCUT2D eigenvalue weighted by Crippen LogP contribution is 2.46. The summed E-state index contributed by atoms with van der Waals surface area (Å²) in [6, 6.07) is 9.67. The molecule has 120 valence electrons. The summed E-state index contributed by atoms with van der Waals surface area (Å²) < 4.78 is 10.2. The summed E-state index contributed by atoms with van der Waals surface area (Å²) in [5.74, 6) is -0.535. The normalized spacial score (nSPS) is 24.1. The van der Waals surface area contributed by atoms with Crippen molar-refractivity contribution >= 4 is 12.1 Å². The van der Waals surface area contributed by atoms with Crippen molar-refractivity contribution in [3.63, 3.8) is 0 Å². The number of esters is 1. The number of ether oxygens (including phenoxy) is 2.